The molecule has 0 radical (unpaired) electrons. The van der Waals surface area contributed by atoms with Crippen molar-refractivity contribution in [2.75, 3.05) is 0 Å². The summed E-state index contributed by atoms with van der Waals surface area (Å²) in [5.74, 6) is -2.20. The largest absolute Gasteiger partial charge is 0.493 e. The van der Waals surface area contributed by atoms with Crippen LogP contribution in [0.4, 0.5) is 8.78 Å². The maximum absolute atomic E-state index is 12.4. The topological polar surface area (TPSA) is 118 Å². The predicted octanol–water partition coefficient (Wildman–Crippen LogP) is -1.72. The van der Waals surface area contributed by atoms with Gasteiger partial charge in [-0.05, 0) is 23.7 Å². The van der Waals surface area contributed by atoms with Crippen molar-refractivity contribution in [3.05, 3.63) is 53.9 Å². The summed E-state index contributed by atoms with van der Waals surface area (Å²) in [6.07, 6.45) is 0. The van der Waals surface area contributed by atoms with Gasteiger partial charge in [0.15, 0.2) is 0 Å². The molecule has 0 saturated carbocycles. The van der Waals surface area contributed by atoms with E-state index in [0.717, 1.165) is 12.1 Å². The molecule has 0 saturated heterocycles. The van der Waals surface area contributed by atoms with Gasteiger partial charge in [-0.2, -0.15) is 19.0 Å². The Morgan fingerprint density at radius 3 is 1.91 bits per heavy atom. The van der Waals surface area contributed by atoms with Crippen LogP contribution in [0.3, 0.4) is 0 Å². The van der Waals surface area contributed by atoms with Crippen LogP contribution in [0.25, 0.3) is 0 Å². The van der Waals surface area contributed by atoms with E-state index in [1.54, 1.807) is 0 Å². The van der Waals surface area contributed by atoms with Crippen molar-refractivity contribution in [3.63, 3.8) is 0 Å². The van der Waals surface area contributed by atoms with E-state index in [-0.39, 0.29) is 0 Å². The molecule has 0 aliphatic carbocycles. The Morgan fingerprint density at radius 2 is 1.50 bits per heavy atom. The Kier molecular flexibility index (Phi) is 6.62. The molecule has 0 atom stereocenters. The third-order valence-corrected chi connectivity index (χ3v) is 2.46. The lowest BCUT2D eigenvalue weighted by molar-refractivity contribution is 0.420. The van der Waals surface area contributed by atoms with Crippen molar-refractivity contribution in [2.45, 2.75) is 0 Å². The van der Waals surface area contributed by atoms with E-state index in [1.807, 2.05) is 6.07 Å². The summed E-state index contributed by atoms with van der Waals surface area (Å²) in [5, 5.41) is 42.6. The summed E-state index contributed by atoms with van der Waals surface area (Å²) in [6, 6.07) is 9.77. The van der Waals surface area contributed by atoms with Gasteiger partial charge in [0, 0.05) is 5.46 Å². The van der Waals surface area contributed by atoms with Crippen LogP contribution in [-0.4, -0.2) is 39.3 Å². The Bertz CT molecular complexity index is 663. The lowest BCUT2D eigenvalue weighted by Crippen LogP contribution is -2.33. The van der Waals surface area contributed by atoms with Gasteiger partial charge in [0.05, 0.1) is 11.6 Å². The lowest BCUT2D eigenvalue weighted by Gasteiger charge is -1.98. The quantitative estimate of drug-likeness (QED) is 0.387. The number of pyridine rings is 1. The van der Waals surface area contributed by atoms with Crippen molar-refractivity contribution in [3.8, 4) is 6.07 Å². The maximum Gasteiger partial charge on any atom is 0.493 e. The van der Waals surface area contributed by atoms with E-state index in [9.17, 15) is 8.78 Å². The first-order valence-electron chi connectivity index (χ1n) is 5.89. The van der Waals surface area contributed by atoms with Crippen molar-refractivity contribution in [2.24, 2.45) is 0 Å². The molecule has 0 unspecified atom stereocenters. The zero-order valence-corrected chi connectivity index (χ0v) is 11.1. The zero-order valence-electron chi connectivity index (χ0n) is 11.1. The van der Waals surface area contributed by atoms with Gasteiger partial charge in [-0.25, -0.2) is 0 Å². The monoisotopic (exact) mass is 306 g/mol. The molecule has 0 bridgehead atoms. The van der Waals surface area contributed by atoms with Gasteiger partial charge in [-0.1, -0.05) is 18.2 Å². The van der Waals surface area contributed by atoms with Gasteiger partial charge in [0.25, 0.3) is 0 Å². The van der Waals surface area contributed by atoms with Gasteiger partial charge >= 0.3 is 14.2 Å². The minimum Gasteiger partial charge on any atom is -0.423 e. The number of aromatic nitrogens is 1. The Morgan fingerprint density at radius 1 is 0.909 bits per heavy atom. The first-order chi connectivity index (χ1) is 10.3. The molecule has 6 nitrogen and oxygen atoms in total. The number of hydrogen-bond acceptors (Lipinski definition) is 6. The number of benzene rings is 1. The molecule has 0 fully saturated rings. The third kappa shape index (κ3) is 5.23. The SMILES string of the molecule is N#Cc1ccc(B(O)O)cc1.OB(O)c1ccc(F)nc1F. The van der Waals surface area contributed by atoms with Crippen LogP contribution in [0.1, 0.15) is 5.56 Å². The first-order valence-corrected chi connectivity index (χ1v) is 5.89. The number of rotatable bonds is 2. The molecule has 10 heteroatoms. The highest BCUT2D eigenvalue weighted by Crippen LogP contribution is 1.94. The molecule has 22 heavy (non-hydrogen) atoms. The second-order valence-electron chi connectivity index (χ2n) is 4.00. The molecule has 4 N–H and O–H groups in total. The minimum atomic E-state index is -1.96. The van der Waals surface area contributed by atoms with E-state index in [0.29, 0.717) is 11.0 Å². The third-order valence-electron chi connectivity index (χ3n) is 2.46. The van der Waals surface area contributed by atoms with Gasteiger partial charge in [-0.3, -0.25) is 0 Å². The second-order valence-corrected chi connectivity index (χ2v) is 4.00. The molecule has 1 heterocycles. The summed E-state index contributed by atoms with van der Waals surface area (Å²) in [7, 11) is -3.41. The minimum absolute atomic E-state index is 0.393. The Balaban J connectivity index is 0.000000220. The average molecular weight is 306 g/mol. The maximum atomic E-state index is 12.4. The van der Waals surface area contributed by atoms with Crippen molar-refractivity contribution < 1.29 is 28.9 Å². The molecule has 0 aliphatic rings. The fourth-order valence-corrected chi connectivity index (χ4v) is 1.35. The summed E-state index contributed by atoms with van der Waals surface area (Å²) in [6.45, 7) is 0. The van der Waals surface area contributed by atoms with Crippen LogP contribution in [0.15, 0.2) is 36.4 Å². The fraction of sp³-hybridized carbons (Fsp3) is 0. The molecule has 1 aromatic heterocycles. The smallest absolute Gasteiger partial charge is 0.423 e. The summed E-state index contributed by atoms with van der Waals surface area (Å²) >= 11 is 0. The van der Waals surface area contributed by atoms with Gasteiger partial charge < -0.3 is 20.1 Å². The highest BCUT2D eigenvalue weighted by molar-refractivity contribution is 6.58. The molecule has 1 aromatic carbocycles. The van der Waals surface area contributed by atoms with Gasteiger partial charge in [0.1, 0.15) is 0 Å². The normalized spacial score (nSPS) is 9.32. The highest BCUT2D eigenvalue weighted by atomic mass is 19.1. The predicted molar refractivity (Wildman–Crippen MR) is 75.0 cm³/mol. The van der Waals surface area contributed by atoms with Gasteiger partial charge in [-0.15, -0.1) is 0 Å². The molecular weight excluding hydrogens is 296 g/mol. The highest BCUT2D eigenvalue weighted by Gasteiger charge is 2.17. The molecule has 0 aliphatic heterocycles. The van der Waals surface area contributed by atoms with Crippen molar-refractivity contribution in [1.29, 1.82) is 5.26 Å². The molecule has 112 valence electrons. The van der Waals surface area contributed by atoms with E-state index >= 15 is 0 Å². The number of hydrogen-bond donors (Lipinski definition) is 4. The van der Waals surface area contributed by atoms with Crippen LogP contribution in [0.2, 0.25) is 0 Å². The second kappa shape index (κ2) is 8.21. The summed E-state index contributed by atoms with van der Waals surface area (Å²) in [4.78, 5) is 2.74. The van der Waals surface area contributed by atoms with Crippen LogP contribution < -0.4 is 10.9 Å². The van der Waals surface area contributed by atoms with Crippen LogP contribution in [-0.2, 0) is 0 Å². The first kappa shape index (κ1) is 17.7. The molecule has 2 rings (SSSR count). The molecular formula is C12H10B2F2N2O4. The molecule has 0 amide bonds. The number of nitrogens with zero attached hydrogens (tertiary/aromatic N) is 2. The zero-order chi connectivity index (χ0) is 16.7. The average Bonchev–Trinajstić information content (AvgIpc) is 2.47. The van der Waals surface area contributed by atoms with Crippen LogP contribution in [0.5, 0.6) is 0 Å². The van der Waals surface area contributed by atoms with Crippen LogP contribution in [0, 0.1) is 23.2 Å². The summed E-state index contributed by atoms with van der Waals surface area (Å²) < 4.78 is 24.5. The van der Waals surface area contributed by atoms with Gasteiger partial charge in [0.2, 0.25) is 11.9 Å². The van der Waals surface area contributed by atoms with Crippen molar-refractivity contribution in [1.82, 2.24) is 4.98 Å². The lowest BCUT2D eigenvalue weighted by atomic mass is 9.80. The van der Waals surface area contributed by atoms with Crippen LogP contribution >= 0.6 is 0 Å². The number of halogens is 2. The Hall–Kier alpha value is -2.31. The van der Waals surface area contributed by atoms with E-state index in [4.69, 9.17) is 25.4 Å². The van der Waals surface area contributed by atoms with E-state index < -0.39 is 31.6 Å². The van der Waals surface area contributed by atoms with E-state index in [2.05, 4.69) is 4.98 Å². The van der Waals surface area contributed by atoms with Crippen molar-refractivity contribution >= 4 is 25.2 Å². The van der Waals surface area contributed by atoms with E-state index in [1.165, 1.54) is 24.3 Å². The fourth-order valence-electron chi connectivity index (χ4n) is 1.35. The number of nitriles is 1. The standard InChI is InChI=1S/C7H6BNO2.C5H4BF2NO2/c9-5-6-1-3-7(4-2-6)8(10)11;7-4-2-1-3(6(10)11)5(8)9-4/h1-4,10-11H;1-2,10-11H. The summed E-state index contributed by atoms with van der Waals surface area (Å²) in [5.41, 5.74) is 0.463. The Labute approximate surface area is 125 Å². The molecule has 0 spiro atoms. The molecule has 2 aromatic rings.